The van der Waals surface area contributed by atoms with Crippen molar-refractivity contribution >= 4 is 23.3 Å². The molecule has 0 saturated carbocycles. The molecular formula is C16H16ClNO2. The summed E-state index contributed by atoms with van der Waals surface area (Å²) in [6.07, 6.45) is 0. The standard InChI is InChI=1S/C16H16ClNO2/c1-2-20-16(19)13-7-5-6-12(10-13)11-18-15-9-4-3-8-14(15)17/h3-10,18H,2,11H2,1H3. The minimum absolute atomic E-state index is 0.299. The summed E-state index contributed by atoms with van der Waals surface area (Å²) in [6.45, 7) is 2.76. The van der Waals surface area contributed by atoms with Gasteiger partial charge >= 0.3 is 5.97 Å². The molecule has 0 saturated heterocycles. The average Bonchev–Trinajstić information content (AvgIpc) is 2.47. The molecule has 0 heterocycles. The first-order valence-electron chi connectivity index (χ1n) is 6.45. The fraction of sp³-hybridized carbons (Fsp3) is 0.188. The van der Waals surface area contributed by atoms with E-state index < -0.39 is 0 Å². The number of benzene rings is 2. The smallest absolute Gasteiger partial charge is 0.338 e. The molecule has 3 nitrogen and oxygen atoms in total. The van der Waals surface area contributed by atoms with Gasteiger partial charge in [-0.05, 0) is 36.8 Å². The van der Waals surface area contributed by atoms with Gasteiger partial charge in [0.2, 0.25) is 0 Å². The van der Waals surface area contributed by atoms with E-state index in [2.05, 4.69) is 5.32 Å². The predicted molar refractivity (Wildman–Crippen MR) is 81.2 cm³/mol. The Morgan fingerprint density at radius 1 is 1.20 bits per heavy atom. The first kappa shape index (κ1) is 14.4. The van der Waals surface area contributed by atoms with Gasteiger partial charge < -0.3 is 10.1 Å². The van der Waals surface area contributed by atoms with Crippen molar-refractivity contribution in [3.63, 3.8) is 0 Å². The summed E-state index contributed by atoms with van der Waals surface area (Å²) in [7, 11) is 0. The van der Waals surface area contributed by atoms with Crippen LogP contribution in [-0.2, 0) is 11.3 Å². The van der Waals surface area contributed by atoms with Gasteiger partial charge in [0.15, 0.2) is 0 Å². The van der Waals surface area contributed by atoms with Crippen molar-refractivity contribution in [2.24, 2.45) is 0 Å². The largest absolute Gasteiger partial charge is 0.462 e. The summed E-state index contributed by atoms with van der Waals surface area (Å²) < 4.78 is 4.98. The maximum atomic E-state index is 11.7. The van der Waals surface area contributed by atoms with Crippen LogP contribution in [-0.4, -0.2) is 12.6 Å². The molecule has 0 spiro atoms. The summed E-state index contributed by atoms with van der Waals surface area (Å²) >= 11 is 6.08. The number of para-hydroxylation sites is 1. The molecule has 0 radical (unpaired) electrons. The van der Waals surface area contributed by atoms with Crippen LogP contribution in [0.25, 0.3) is 0 Å². The Balaban J connectivity index is 2.05. The molecule has 0 amide bonds. The lowest BCUT2D eigenvalue weighted by molar-refractivity contribution is 0.0526. The number of hydrogen-bond donors (Lipinski definition) is 1. The molecule has 0 aromatic heterocycles. The third-order valence-corrected chi connectivity index (χ3v) is 3.12. The van der Waals surface area contributed by atoms with E-state index in [1.165, 1.54) is 0 Å². The lowest BCUT2D eigenvalue weighted by atomic mass is 10.1. The Bertz CT molecular complexity index is 599. The van der Waals surface area contributed by atoms with Gasteiger partial charge in [-0.3, -0.25) is 0 Å². The third-order valence-electron chi connectivity index (χ3n) is 2.79. The third kappa shape index (κ3) is 3.75. The Morgan fingerprint density at radius 2 is 2.00 bits per heavy atom. The lowest BCUT2D eigenvalue weighted by Gasteiger charge is -2.09. The zero-order chi connectivity index (χ0) is 14.4. The van der Waals surface area contributed by atoms with Crippen LogP contribution in [0.2, 0.25) is 5.02 Å². The fourth-order valence-electron chi connectivity index (χ4n) is 1.82. The molecule has 0 unspecified atom stereocenters. The van der Waals surface area contributed by atoms with Gasteiger partial charge in [0.25, 0.3) is 0 Å². The first-order chi connectivity index (χ1) is 9.70. The number of nitrogens with one attached hydrogen (secondary N) is 1. The van der Waals surface area contributed by atoms with Gasteiger partial charge in [-0.15, -0.1) is 0 Å². The molecule has 20 heavy (non-hydrogen) atoms. The van der Waals surface area contributed by atoms with Crippen LogP contribution >= 0.6 is 11.6 Å². The van der Waals surface area contributed by atoms with Crippen molar-refractivity contribution in [2.45, 2.75) is 13.5 Å². The highest BCUT2D eigenvalue weighted by molar-refractivity contribution is 6.33. The maximum absolute atomic E-state index is 11.7. The Hall–Kier alpha value is -2.00. The molecule has 0 fully saturated rings. The van der Waals surface area contributed by atoms with E-state index in [1.807, 2.05) is 42.5 Å². The summed E-state index contributed by atoms with van der Waals surface area (Å²) in [5.74, 6) is -0.299. The van der Waals surface area contributed by atoms with Crippen molar-refractivity contribution in [2.75, 3.05) is 11.9 Å². The fourth-order valence-corrected chi connectivity index (χ4v) is 2.03. The lowest BCUT2D eigenvalue weighted by Crippen LogP contribution is -2.06. The minimum atomic E-state index is -0.299. The number of anilines is 1. The van der Waals surface area contributed by atoms with E-state index in [4.69, 9.17) is 16.3 Å². The number of halogens is 1. The second-order valence-electron chi connectivity index (χ2n) is 4.25. The van der Waals surface area contributed by atoms with Crippen LogP contribution in [0.4, 0.5) is 5.69 Å². The Kier molecular flexibility index (Phi) is 5.02. The van der Waals surface area contributed by atoms with Crippen molar-refractivity contribution < 1.29 is 9.53 Å². The highest BCUT2D eigenvalue weighted by atomic mass is 35.5. The number of ether oxygens (including phenoxy) is 1. The SMILES string of the molecule is CCOC(=O)c1cccc(CNc2ccccc2Cl)c1. The molecule has 0 aliphatic heterocycles. The zero-order valence-corrected chi connectivity index (χ0v) is 12.0. The summed E-state index contributed by atoms with van der Waals surface area (Å²) in [6, 6.07) is 14.9. The van der Waals surface area contributed by atoms with Crippen molar-refractivity contribution in [1.29, 1.82) is 0 Å². The van der Waals surface area contributed by atoms with E-state index in [9.17, 15) is 4.79 Å². The molecule has 0 aliphatic rings. The van der Waals surface area contributed by atoms with Crippen LogP contribution in [0.5, 0.6) is 0 Å². The highest BCUT2D eigenvalue weighted by Crippen LogP contribution is 2.21. The van der Waals surface area contributed by atoms with Gasteiger partial charge in [0.05, 0.1) is 22.9 Å². The molecule has 2 aromatic rings. The molecule has 0 atom stereocenters. The maximum Gasteiger partial charge on any atom is 0.338 e. The van der Waals surface area contributed by atoms with E-state index in [-0.39, 0.29) is 5.97 Å². The number of carbonyl (C=O) groups excluding carboxylic acids is 1. The van der Waals surface area contributed by atoms with Crippen LogP contribution in [0.3, 0.4) is 0 Å². The highest BCUT2D eigenvalue weighted by Gasteiger charge is 2.06. The summed E-state index contributed by atoms with van der Waals surface area (Å²) in [5.41, 5.74) is 2.43. The quantitative estimate of drug-likeness (QED) is 0.841. The van der Waals surface area contributed by atoms with Gasteiger partial charge in [0.1, 0.15) is 0 Å². The number of esters is 1. The van der Waals surface area contributed by atoms with E-state index in [0.29, 0.717) is 23.7 Å². The second kappa shape index (κ2) is 6.96. The predicted octanol–water partition coefficient (Wildman–Crippen LogP) is 4.13. The molecule has 104 valence electrons. The van der Waals surface area contributed by atoms with Crippen LogP contribution in [0, 0.1) is 0 Å². The molecule has 2 rings (SSSR count). The molecule has 4 heteroatoms. The molecular weight excluding hydrogens is 274 g/mol. The van der Waals surface area contributed by atoms with Crippen molar-refractivity contribution in [1.82, 2.24) is 0 Å². The van der Waals surface area contributed by atoms with E-state index >= 15 is 0 Å². The van der Waals surface area contributed by atoms with Crippen LogP contribution in [0.1, 0.15) is 22.8 Å². The van der Waals surface area contributed by atoms with Crippen molar-refractivity contribution in [3.8, 4) is 0 Å². The second-order valence-corrected chi connectivity index (χ2v) is 4.66. The molecule has 0 aliphatic carbocycles. The normalized spacial score (nSPS) is 10.1. The first-order valence-corrected chi connectivity index (χ1v) is 6.83. The molecule has 0 bridgehead atoms. The number of hydrogen-bond acceptors (Lipinski definition) is 3. The Morgan fingerprint density at radius 3 is 2.75 bits per heavy atom. The monoisotopic (exact) mass is 289 g/mol. The van der Waals surface area contributed by atoms with Gasteiger partial charge in [-0.1, -0.05) is 35.9 Å². The van der Waals surface area contributed by atoms with Gasteiger partial charge in [0, 0.05) is 6.54 Å². The molecule has 2 aromatic carbocycles. The molecule has 1 N–H and O–H groups in total. The van der Waals surface area contributed by atoms with E-state index in [0.717, 1.165) is 11.3 Å². The van der Waals surface area contributed by atoms with Crippen LogP contribution < -0.4 is 5.32 Å². The van der Waals surface area contributed by atoms with Gasteiger partial charge in [-0.25, -0.2) is 4.79 Å². The average molecular weight is 290 g/mol. The number of carbonyl (C=O) groups is 1. The topological polar surface area (TPSA) is 38.3 Å². The van der Waals surface area contributed by atoms with Crippen molar-refractivity contribution in [3.05, 3.63) is 64.7 Å². The summed E-state index contributed by atoms with van der Waals surface area (Å²) in [4.78, 5) is 11.7. The number of rotatable bonds is 5. The van der Waals surface area contributed by atoms with Gasteiger partial charge in [-0.2, -0.15) is 0 Å². The van der Waals surface area contributed by atoms with E-state index in [1.54, 1.807) is 13.0 Å². The van der Waals surface area contributed by atoms with Crippen LogP contribution in [0.15, 0.2) is 48.5 Å². The minimum Gasteiger partial charge on any atom is -0.462 e. The Labute approximate surface area is 123 Å². The zero-order valence-electron chi connectivity index (χ0n) is 11.2. The summed E-state index contributed by atoms with van der Waals surface area (Å²) in [5, 5.41) is 3.92.